The van der Waals surface area contributed by atoms with Gasteiger partial charge in [0.15, 0.2) is 11.5 Å². The predicted octanol–water partition coefficient (Wildman–Crippen LogP) is 3.21. The fourth-order valence-corrected chi connectivity index (χ4v) is 7.40. The van der Waals surface area contributed by atoms with Gasteiger partial charge in [0, 0.05) is 9.89 Å². The van der Waals surface area contributed by atoms with Crippen LogP contribution in [0.1, 0.15) is 48.9 Å². The summed E-state index contributed by atoms with van der Waals surface area (Å²) in [5.41, 5.74) is 5.17. The van der Waals surface area contributed by atoms with E-state index >= 15 is 0 Å². The molecule has 1 aromatic rings. The van der Waals surface area contributed by atoms with E-state index in [0.717, 1.165) is 32.1 Å². The van der Waals surface area contributed by atoms with Crippen LogP contribution in [-0.2, 0) is 4.79 Å². The molecule has 4 aliphatic rings. The summed E-state index contributed by atoms with van der Waals surface area (Å²) in [5.74, 6) is 1.83. The Kier molecular flexibility index (Phi) is 5.17. The van der Waals surface area contributed by atoms with Gasteiger partial charge in [0.1, 0.15) is 0 Å². The van der Waals surface area contributed by atoms with Gasteiger partial charge in [-0.2, -0.15) is 0 Å². The first-order valence-electron chi connectivity index (χ1n) is 9.91. The summed E-state index contributed by atoms with van der Waals surface area (Å²) >= 11 is 3.92. The maximum absolute atomic E-state index is 13.1. The summed E-state index contributed by atoms with van der Waals surface area (Å²) in [6.45, 7) is 0. The Morgan fingerprint density at radius 2 is 1.55 bits per heavy atom. The highest BCUT2D eigenvalue weighted by atomic mass is 79.9. The maximum Gasteiger partial charge on any atom is 0.269 e. The minimum Gasteiger partial charge on any atom is -0.493 e. The largest absolute Gasteiger partial charge is 0.493 e. The molecule has 29 heavy (non-hydrogen) atoms. The van der Waals surface area contributed by atoms with Crippen molar-refractivity contribution in [2.75, 3.05) is 21.3 Å². The Hall–Kier alpha value is -1.96. The van der Waals surface area contributed by atoms with Gasteiger partial charge in [-0.05, 0) is 62.5 Å². The van der Waals surface area contributed by atoms with Crippen molar-refractivity contribution in [2.45, 2.75) is 42.8 Å². The van der Waals surface area contributed by atoms with E-state index in [2.05, 4.69) is 26.8 Å². The number of hydrogen-bond acceptors (Lipinski definition) is 5. The van der Waals surface area contributed by atoms with E-state index in [0.29, 0.717) is 34.6 Å². The van der Waals surface area contributed by atoms with Crippen molar-refractivity contribution in [3.05, 3.63) is 17.7 Å². The van der Waals surface area contributed by atoms with Gasteiger partial charge in [-0.3, -0.25) is 20.4 Å². The van der Waals surface area contributed by atoms with Crippen molar-refractivity contribution in [2.24, 2.45) is 17.3 Å². The van der Waals surface area contributed by atoms with Crippen LogP contribution in [0, 0.1) is 17.3 Å². The van der Waals surface area contributed by atoms with Crippen molar-refractivity contribution in [3.8, 4) is 17.2 Å². The van der Waals surface area contributed by atoms with Crippen molar-refractivity contribution in [1.82, 2.24) is 10.9 Å². The van der Waals surface area contributed by atoms with Gasteiger partial charge in [-0.25, -0.2) is 0 Å². The number of amides is 2. The van der Waals surface area contributed by atoms with E-state index in [4.69, 9.17) is 14.2 Å². The molecule has 8 heteroatoms. The number of carbonyl (C=O) groups excluding carboxylic acids is 2. The quantitative estimate of drug-likeness (QED) is 0.513. The van der Waals surface area contributed by atoms with E-state index in [9.17, 15) is 9.59 Å². The molecule has 5 rings (SSSR count). The van der Waals surface area contributed by atoms with Crippen LogP contribution in [0.4, 0.5) is 0 Å². The van der Waals surface area contributed by atoms with Crippen LogP contribution in [-0.4, -0.2) is 37.5 Å². The van der Waals surface area contributed by atoms with Crippen LogP contribution in [0.3, 0.4) is 0 Å². The molecule has 4 bridgehead atoms. The Morgan fingerprint density at radius 1 is 0.966 bits per heavy atom. The van der Waals surface area contributed by atoms with Gasteiger partial charge in [-0.15, -0.1) is 0 Å². The molecule has 0 unspecified atom stereocenters. The van der Waals surface area contributed by atoms with Crippen LogP contribution >= 0.6 is 15.9 Å². The lowest BCUT2D eigenvalue weighted by atomic mass is 9.49. The van der Waals surface area contributed by atoms with Crippen LogP contribution < -0.4 is 25.1 Å². The van der Waals surface area contributed by atoms with Gasteiger partial charge < -0.3 is 14.2 Å². The number of methoxy groups -OCH3 is 3. The third-order valence-electron chi connectivity index (χ3n) is 6.69. The van der Waals surface area contributed by atoms with Gasteiger partial charge in [0.2, 0.25) is 11.7 Å². The summed E-state index contributed by atoms with van der Waals surface area (Å²) in [5, 5.41) is 0. The summed E-state index contributed by atoms with van der Waals surface area (Å²) in [4.78, 5) is 25.8. The Labute approximate surface area is 178 Å². The number of hydrogen-bond donors (Lipinski definition) is 2. The van der Waals surface area contributed by atoms with E-state index in [-0.39, 0.29) is 10.2 Å². The first kappa shape index (κ1) is 20.3. The lowest BCUT2D eigenvalue weighted by Crippen LogP contribution is -2.60. The molecule has 0 aromatic heterocycles. The zero-order valence-corrected chi connectivity index (χ0v) is 18.6. The van der Waals surface area contributed by atoms with Gasteiger partial charge in [0.05, 0.1) is 26.7 Å². The number of carbonyl (C=O) groups is 2. The fraction of sp³-hybridized carbons (Fsp3) is 0.619. The van der Waals surface area contributed by atoms with Crippen molar-refractivity contribution in [1.29, 1.82) is 0 Å². The highest BCUT2D eigenvalue weighted by Gasteiger charge is 2.59. The average molecular weight is 467 g/mol. The lowest BCUT2D eigenvalue weighted by Gasteiger charge is -2.59. The van der Waals surface area contributed by atoms with Gasteiger partial charge >= 0.3 is 0 Å². The third kappa shape index (κ3) is 3.56. The lowest BCUT2D eigenvalue weighted by molar-refractivity contribution is -0.144. The molecule has 0 aliphatic heterocycles. The first-order chi connectivity index (χ1) is 13.8. The Balaban J connectivity index is 1.47. The maximum atomic E-state index is 13.1. The summed E-state index contributed by atoms with van der Waals surface area (Å²) in [7, 11) is 4.48. The smallest absolute Gasteiger partial charge is 0.269 e. The highest BCUT2D eigenvalue weighted by Crippen LogP contribution is 2.64. The molecule has 0 saturated heterocycles. The Bertz CT molecular complexity index is 803. The Morgan fingerprint density at radius 3 is 2.03 bits per heavy atom. The second-order valence-electron chi connectivity index (χ2n) is 8.71. The SMILES string of the molecule is COc1cc(C(=O)NNC(=O)C23C[C@@H]4C[C@H](CC(Br)(C4)C2)C3)cc(OC)c1OC. The zero-order chi connectivity index (χ0) is 20.8. The standard InChI is InChI=1S/C21H27BrN2O5/c1-27-15-5-14(6-16(28-2)17(15)29-3)18(25)23-24-19(26)20-7-12-4-13(8-20)10-21(22,9-12)11-20/h5-6,12-13H,4,7-11H2,1-3H3,(H,23,25)(H,24,26)/t12-,13-,20?,21?/m0/s1. The van der Waals surface area contributed by atoms with E-state index < -0.39 is 11.3 Å². The number of nitrogens with one attached hydrogen (secondary N) is 2. The average Bonchev–Trinajstić information content (AvgIpc) is 2.68. The van der Waals surface area contributed by atoms with Crippen LogP contribution in [0.15, 0.2) is 12.1 Å². The van der Waals surface area contributed by atoms with Crippen LogP contribution in [0.2, 0.25) is 0 Å². The molecule has 158 valence electrons. The van der Waals surface area contributed by atoms with E-state index in [1.165, 1.54) is 27.8 Å². The first-order valence-corrected chi connectivity index (χ1v) is 10.7. The van der Waals surface area contributed by atoms with E-state index in [1.54, 1.807) is 12.1 Å². The summed E-state index contributed by atoms with van der Waals surface area (Å²) in [6, 6.07) is 3.11. The number of hydrazine groups is 1. The molecule has 4 saturated carbocycles. The minimum absolute atomic E-state index is 0.0785. The minimum atomic E-state index is -0.434. The number of alkyl halides is 1. The van der Waals surface area contributed by atoms with Gasteiger partial charge in [-0.1, -0.05) is 15.9 Å². The van der Waals surface area contributed by atoms with Crippen molar-refractivity contribution < 1.29 is 23.8 Å². The summed E-state index contributed by atoms with van der Waals surface area (Å²) in [6.07, 6.45) is 6.16. The third-order valence-corrected chi connectivity index (χ3v) is 7.62. The normalized spacial score (nSPS) is 31.9. The second kappa shape index (κ2) is 7.38. The van der Waals surface area contributed by atoms with Crippen LogP contribution in [0.25, 0.3) is 0 Å². The predicted molar refractivity (Wildman–Crippen MR) is 110 cm³/mol. The number of rotatable bonds is 5. The molecule has 2 atom stereocenters. The monoisotopic (exact) mass is 466 g/mol. The number of ether oxygens (including phenoxy) is 3. The molecule has 7 nitrogen and oxygen atoms in total. The number of halogens is 1. The molecule has 2 N–H and O–H groups in total. The molecule has 1 aromatic carbocycles. The molecule has 0 spiro atoms. The van der Waals surface area contributed by atoms with Gasteiger partial charge in [0.25, 0.3) is 5.91 Å². The molecule has 4 fully saturated rings. The molecule has 0 radical (unpaired) electrons. The fourth-order valence-electron chi connectivity index (χ4n) is 5.95. The molecule has 0 heterocycles. The van der Waals surface area contributed by atoms with Crippen LogP contribution in [0.5, 0.6) is 17.2 Å². The molecular weight excluding hydrogens is 440 g/mol. The molecule has 2 amide bonds. The highest BCUT2D eigenvalue weighted by molar-refractivity contribution is 9.10. The topological polar surface area (TPSA) is 85.9 Å². The van der Waals surface area contributed by atoms with Crippen molar-refractivity contribution in [3.63, 3.8) is 0 Å². The molecular formula is C21H27BrN2O5. The zero-order valence-electron chi connectivity index (χ0n) is 17.0. The summed E-state index contributed by atoms with van der Waals surface area (Å²) < 4.78 is 15.9. The second-order valence-corrected chi connectivity index (χ2v) is 10.4. The molecule has 4 aliphatic carbocycles. The van der Waals surface area contributed by atoms with Crippen molar-refractivity contribution >= 4 is 27.7 Å². The number of benzene rings is 1. The van der Waals surface area contributed by atoms with E-state index in [1.807, 2.05) is 0 Å².